The summed E-state index contributed by atoms with van der Waals surface area (Å²) >= 11 is 0. The zero-order valence-electron chi connectivity index (χ0n) is 15.1. The summed E-state index contributed by atoms with van der Waals surface area (Å²) in [6.07, 6.45) is 0. The molecule has 0 unspecified atom stereocenters. The van der Waals surface area contributed by atoms with E-state index in [1.807, 2.05) is 43.3 Å². The number of hydrogen-bond acceptors (Lipinski definition) is 5. The first-order chi connectivity index (χ1) is 12.9. The highest BCUT2D eigenvalue weighted by molar-refractivity contribution is 6.28. The molecule has 138 valence electrons. The van der Waals surface area contributed by atoms with Crippen LogP contribution in [0.25, 0.3) is 0 Å². The van der Waals surface area contributed by atoms with E-state index in [4.69, 9.17) is 0 Å². The summed E-state index contributed by atoms with van der Waals surface area (Å²) in [4.78, 5) is 40.3. The Bertz CT molecular complexity index is 908. The topological polar surface area (TPSA) is 81.8 Å². The summed E-state index contributed by atoms with van der Waals surface area (Å²) < 4.78 is 0. The number of para-hydroxylation sites is 1. The molecule has 2 aromatic rings. The molecule has 3 rings (SSSR count). The predicted octanol–water partition coefficient (Wildman–Crippen LogP) is 2.58. The van der Waals surface area contributed by atoms with Crippen molar-refractivity contribution in [3.05, 3.63) is 66.9 Å². The molecule has 0 aromatic heterocycles. The number of imide groups is 2. The molecule has 1 aliphatic heterocycles. The van der Waals surface area contributed by atoms with E-state index in [2.05, 4.69) is 17.2 Å². The fourth-order valence-corrected chi connectivity index (χ4v) is 2.82. The molecule has 2 aromatic carbocycles. The van der Waals surface area contributed by atoms with Crippen LogP contribution in [0.15, 0.2) is 66.9 Å². The minimum Gasteiger partial charge on any atom is -0.378 e. The molecule has 7 heteroatoms. The van der Waals surface area contributed by atoms with E-state index in [0.717, 1.165) is 10.6 Å². The summed E-state index contributed by atoms with van der Waals surface area (Å²) in [5.74, 6) is -2.56. The Morgan fingerprint density at radius 2 is 1.78 bits per heavy atom. The number of amides is 4. The fraction of sp³-hybridized carbons (Fsp3) is 0.150. The smallest absolute Gasteiger partial charge is 0.335 e. The summed E-state index contributed by atoms with van der Waals surface area (Å²) in [5, 5.41) is 5.24. The number of carbonyl (C=O) groups is 3. The van der Waals surface area contributed by atoms with Gasteiger partial charge < -0.3 is 10.2 Å². The second kappa shape index (κ2) is 7.33. The number of hydrogen-bond donors (Lipinski definition) is 2. The maximum absolute atomic E-state index is 12.9. The third-order valence-corrected chi connectivity index (χ3v) is 4.19. The van der Waals surface area contributed by atoms with Gasteiger partial charge in [0.15, 0.2) is 5.92 Å². The average molecular weight is 364 g/mol. The maximum atomic E-state index is 12.9. The van der Waals surface area contributed by atoms with Crippen LogP contribution in [0.4, 0.5) is 21.9 Å². The van der Waals surface area contributed by atoms with Crippen LogP contribution in [0.2, 0.25) is 0 Å². The van der Waals surface area contributed by atoms with Gasteiger partial charge in [-0.2, -0.15) is 0 Å². The number of benzene rings is 2. The first-order valence-corrected chi connectivity index (χ1v) is 8.35. The molecule has 1 fully saturated rings. The van der Waals surface area contributed by atoms with Gasteiger partial charge in [-0.25, -0.2) is 9.69 Å². The zero-order chi connectivity index (χ0) is 19.6. The zero-order valence-corrected chi connectivity index (χ0v) is 15.1. The Labute approximate surface area is 157 Å². The lowest BCUT2D eigenvalue weighted by Crippen LogP contribution is -2.59. The second-order valence-corrected chi connectivity index (χ2v) is 6.33. The van der Waals surface area contributed by atoms with Crippen molar-refractivity contribution in [3.63, 3.8) is 0 Å². The van der Waals surface area contributed by atoms with Crippen LogP contribution in [0.5, 0.6) is 0 Å². The Hall–Kier alpha value is -3.61. The minimum atomic E-state index is -1.22. The van der Waals surface area contributed by atoms with Crippen molar-refractivity contribution in [2.24, 2.45) is 5.92 Å². The monoisotopic (exact) mass is 364 g/mol. The lowest BCUT2D eigenvalue weighted by Gasteiger charge is -2.31. The first kappa shape index (κ1) is 18.2. The molecule has 1 aliphatic rings. The van der Waals surface area contributed by atoms with Crippen LogP contribution >= 0.6 is 0 Å². The summed E-state index contributed by atoms with van der Waals surface area (Å²) in [5.41, 5.74) is 2.23. The Morgan fingerprint density at radius 1 is 1.07 bits per heavy atom. The van der Waals surface area contributed by atoms with Crippen LogP contribution in [0.3, 0.4) is 0 Å². The fourth-order valence-electron chi connectivity index (χ4n) is 2.82. The summed E-state index contributed by atoms with van der Waals surface area (Å²) in [6.45, 7) is 3.86. The van der Waals surface area contributed by atoms with Gasteiger partial charge in [0.25, 0.3) is 5.91 Å². The van der Waals surface area contributed by atoms with Crippen LogP contribution in [0, 0.1) is 5.92 Å². The Kier molecular flexibility index (Phi) is 4.94. The number of rotatable bonds is 5. The molecule has 0 spiro atoms. The van der Waals surface area contributed by atoms with Gasteiger partial charge in [-0.05, 0) is 30.3 Å². The molecule has 7 nitrogen and oxygen atoms in total. The van der Waals surface area contributed by atoms with Crippen molar-refractivity contribution < 1.29 is 14.4 Å². The largest absolute Gasteiger partial charge is 0.378 e. The van der Waals surface area contributed by atoms with Gasteiger partial charge in [0.1, 0.15) is 0 Å². The van der Waals surface area contributed by atoms with E-state index >= 15 is 0 Å². The van der Waals surface area contributed by atoms with Crippen molar-refractivity contribution in [1.82, 2.24) is 5.32 Å². The highest BCUT2D eigenvalue weighted by atomic mass is 16.2. The average Bonchev–Trinajstić information content (AvgIpc) is 2.62. The van der Waals surface area contributed by atoms with E-state index < -0.39 is 23.8 Å². The number of nitrogens with one attached hydrogen (secondary N) is 2. The van der Waals surface area contributed by atoms with E-state index in [1.54, 1.807) is 30.3 Å². The third kappa shape index (κ3) is 3.67. The number of barbiturate groups is 1. The number of carbonyl (C=O) groups excluding carboxylic acids is 3. The molecule has 0 aliphatic carbocycles. The third-order valence-electron chi connectivity index (χ3n) is 4.19. The van der Waals surface area contributed by atoms with E-state index in [0.29, 0.717) is 11.4 Å². The Morgan fingerprint density at radius 3 is 2.44 bits per heavy atom. The number of urea groups is 1. The van der Waals surface area contributed by atoms with Gasteiger partial charge in [0.05, 0.1) is 5.69 Å². The predicted molar refractivity (Wildman–Crippen MR) is 104 cm³/mol. The van der Waals surface area contributed by atoms with E-state index in [9.17, 15) is 14.4 Å². The summed E-state index contributed by atoms with van der Waals surface area (Å²) in [6, 6.07) is 15.1. The SMILES string of the molecule is C=C(Nc1cccc(N(C)C)c1)[C@H]1C(=O)NC(=O)N(c2ccccc2)C1=O. The molecule has 2 N–H and O–H groups in total. The van der Waals surface area contributed by atoms with Gasteiger partial charge in [0, 0.05) is 31.2 Å². The maximum Gasteiger partial charge on any atom is 0.335 e. The Balaban J connectivity index is 1.85. The van der Waals surface area contributed by atoms with Crippen molar-refractivity contribution in [3.8, 4) is 0 Å². The van der Waals surface area contributed by atoms with Crippen LogP contribution in [-0.4, -0.2) is 31.9 Å². The molecular weight excluding hydrogens is 344 g/mol. The number of anilines is 3. The molecule has 4 amide bonds. The molecule has 0 saturated carbocycles. The standard InChI is InChI=1S/C20H20N4O3/c1-13(21-14-8-7-11-16(12-14)23(2)3)17-18(25)22-20(27)24(19(17)26)15-9-5-4-6-10-15/h4-12,17,21H,1H2,2-3H3,(H,22,25,27)/t17-/m0/s1. The van der Waals surface area contributed by atoms with Crippen LogP contribution in [-0.2, 0) is 9.59 Å². The lowest BCUT2D eigenvalue weighted by molar-refractivity contribution is -0.132. The molecule has 0 bridgehead atoms. The van der Waals surface area contributed by atoms with Crippen molar-refractivity contribution >= 4 is 34.9 Å². The first-order valence-electron chi connectivity index (χ1n) is 8.35. The molecular formula is C20H20N4O3. The van der Waals surface area contributed by atoms with Gasteiger partial charge in [-0.1, -0.05) is 30.8 Å². The molecule has 1 saturated heterocycles. The normalized spacial score (nSPS) is 16.7. The van der Waals surface area contributed by atoms with Gasteiger partial charge in [-0.15, -0.1) is 0 Å². The van der Waals surface area contributed by atoms with Crippen molar-refractivity contribution in [2.45, 2.75) is 0 Å². The summed E-state index contributed by atoms with van der Waals surface area (Å²) in [7, 11) is 3.82. The molecule has 0 radical (unpaired) electrons. The van der Waals surface area contributed by atoms with Crippen molar-refractivity contribution in [1.29, 1.82) is 0 Å². The van der Waals surface area contributed by atoms with Gasteiger partial charge in [0.2, 0.25) is 5.91 Å². The lowest BCUT2D eigenvalue weighted by atomic mass is 10.0. The van der Waals surface area contributed by atoms with Crippen LogP contribution in [0.1, 0.15) is 0 Å². The van der Waals surface area contributed by atoms with E-state index in [-0.39, 0.29) is 5.70 Å². The molecule has 1 atom stereocenters. The molecule has 27 heavy (non-hydrogen) atoms. The highest BCUT2D eigenvalue weighted by Crippen LogP contribution is 2.26. The number of nitrogens with zero attached hydrogens (tertiary/aromatic N) is 2. The van der Waals surface area contributed by atoms with Crippen molar-refractivity contribution in [2.75, 3.05) is 29.2 Å². The second-order valence-electron chi connectivity index (χ2n) is 6.33. The quantitative estimate of drug-likeness (QED) is 0.797. The van der Waals surface area contributed by atoms with Crippen LogP contribution < -0.4 is 20.4 Å². The molecule has 1 heterocycles. The van der Waals surface area contributed by atoms with Gasteiger partial charge >= 0.3 is 6.03 Å². The highest BCUT2D eigenvalue weighted by Gasteiger charge is 2.42. The minimum absolute atomic E-state index is 0.196. The van der Waals surface area contributed by atoms with Gasteiger partial charge in [-0.3, -0.25) is 14.9 Å². The van der Waals surface area contributed by atoms with E-state index in [1.165, 1.54) is 0 Å².